The number of anilines is 1. The fourth-order valence-corrected chi connectivity index (χ4v) is 5.35. The Morgan fingerprint density at radius 2 is 2.00 bits per heavy atom. The second-order valence-corrected chi connectivity index (χ2v) is 10.0. The summed E-state index contributed by atoms with van der Waals surface area (Å²) in [5, 5.41) is 2.67. The van der Waals surface area contributed by atoms with Gasteiger partial charge in [-0.25, -0.2) is 13.8 Å². The number of benzene rings is 1. The van der Waals surface area contributed by atoms with Crippen molar-refractivity contribution in [3.8, 4) is 0 Å². The Kier molecular flexibility index (Phi) is 6.03. The molecule has 0 saturated heterocycles. The molecular formula is C21H25F2N5OS. The topological polar surface area (TPSA) is 92.7 Å². The minimum absolute atomic E-state index is 0.0541. The Morgan fingerprint density at radius 3 is 2.63 bits per heavy atom. The summed E-state index contributed by atoms with van der Waals surface area (Å²) in [5.74, 6) is -0.547. The van der Waals surface area contributed by atoms with Gasteiger partial charge >= 0.3 is 0 Å². The fraction of sp³-hybridized carbons (Fsp3) is 0.381. The summed E-state index contributed by atoms with van der Waals surface area (Å²) < 4.78 is 32.2. The van der Waals surface area contributed by atoms with E-state index in [1.54, 1.807) is 6.07 Å². The number of pyridine rings is 1. The van der Waals surface area contributed by atoms with Gasteiger partial charge in [0.2, 0.25) is 0 Å². The Morgan fingerprint density at radius 1 is 1.27 bits per heavy atom. The molecule has 9 heteroatoms. The van der Waals surface area contributed by atoms with E-state index in [4.69, 9.17) is 10.1 Å². The lowest BCUT2D eigenvalue weighted by Crippen LogP contribution is -2.52. The van der Waals surface area contributed by atoms with Crippen molar-refractivity contribution in [1.29, 1.82) is 0 Å². The normalized spacial score (nSPS) is 23.1. The van der Waals surface area contributed by atoms with Gasteiger partial charge in [-0.15, -0.1) is 0 Å². The number of hydrogen-bond acceptors (Lipinski definition) is 5. The third kappa shape index (κ3) is 4.26. The largest absolute Gasteiger partial charge is 0.386 e. The molecule has 0 saturated carbocycles. The van der Waals surface area contributed by atoms with Crippen LogP contribution in [0.3, 0.4) is 0 Å². The molecule has 1 aromatic carbocycles. The number of nitrogens with two attached hydrogens (primary N) is 1. The summed E-state index contributed by atoms with van der Waals surface area (Å²) in [5.41, 5.74) is 6.12. The first-order chi connectivity index (χ1) is 14.1. The lowest BCUT2D eigenvalue weighted by molar-refractivity contribution is 0.102. The maximum absolute atomic E-state index is 14.8. The maximum Gasteiger partial charge on any atom is 0.274 e. The predicted octanol–water partition coefficient (Wildman–Crippen LogP) is 3.80. The highest BCUT2D eigenvalue weighted by molar-refractivity contribution is 7.89. The van der Waals surface area contributed by atoms with Crippen LogP contribution in [0.25, 0.3) is 0 Å². The average Bonchev–Trinajstić information content (AvgIpc) is 2.68. The van der Waals surface area contributed by atoms with E-state index in [-0.39, 0.29) is 5.69 Å². The van der Waals surface area contributed by atoms with Gasteiger partial charge in [0.1, 0.15) is 23.2 Å². The van der Waals surface area contributed by atoms with Gasteiger partial charge in [0.15, 0.2) is 0 Å². The van der Waals surface area contributed by atoms with Gasteiger partial charge in [-0.3, -0.25) is 14.1 Å². The van der Waals surface area contributed by atoms with Crippen LogP contribution in [0.5, 0.6) is 0 Å². The minimum atomic E-state index is -0.916. The highest BCUT2D eigenvalue weighted by Crippen LogP contribution is 2.37. The lowest BCUT2D eigenvalue weighted by atomic mass is 9.92. The molecule has 1 aromatic heterocycles. The molecule has 160 valence electrons. The number of aliphatic imine (C=N–C) groups is 1. The van der Waals surface area contributed by atoms with Crippen molar-refractivity contribution >= 4 is 28.1 Å². The summed E-state index contributed by atoms with van der Waals surface area (Å²) in [4.78, 5) is 20.8. The molecule has 1 amide bonds. The van der Waals surface area contributed by atoms with Gasteiger partial charge in [-0.05, 0) is 58.0 Å². The summed E-state index contributed by atoms with van der Waals surface area (Å²) >= 11 is 0. The zero-order valence-corrected chi connectivity index (χ0v) is 18.2. The van der Waals surface area contributed by atoms with E-state index in [9.17, 15) is 13.6 Å². The number of aromatic nitrogens is 1. The van der Waals surface area contributed by atoms with Gasteiger partial charge in [0.05, 0.1) is 16.5 Å². The molecule has 0 fully saturated rings. The van der Waals surface area contributed by atoms with Crippen molar-refractivity contribution < 1.29 is 13.6 Å². The molecule has 0 unspecified atom stereocenters. The zero-order valence-electron chi connectivity index (χ0n) is 17.4. The van der Waals surface area contributed by atoms with E-state index in [2.05, 4.69) is 15.3 Å². The van der Waals surface area contributed by atoms with Crippen molar-refractivity contribution in [2.45, 2.75) is 38.0 Å². The summed E-state index contributed by atoms with van der Waals surface area (Å²) in [6, 6.07) is 6.73. The van der Waals surface area contributed by atoms with E-state index < -0.39 is 38.5 Å². The van der Waals surface area contributed by atoms with E-state index in [1.807, 2.05) is 27.7 Å². The van der Waals surface area contributed by atoms with Crippen LogP contribution >= 0.6 is 0 Å². The van der Waals surface area contributed by atoms with E-state index in [1.165, 1.54) is 18.2 Å². The highest BCUT2D eigenvalue weighted by atomic mass is 32.2. The molecule has 0 spiro atoms. The molecule has 2 aromatic rings. The number of amidine groups is 1. The molecule has 3 N–H and O–H groups in total. The van der Waals surface area contributed by atoms with Crippen LogP contribution < -0.4 is 11.1 Å². The predicted molar refractivity (Wildman–Crippen MR) is 117 cm³/mol. The van der Waals surface area contributed by atoms with Crippen molar-refractivity contribution in [3.05, 3.63) is 59.4 Å². The molecule has 30 heavy (non-hydrogen) atoms. The van der Waals surface area contributed by atoms with Crippen LogP contribution in [0.4, 0.5) is 14.5 Å². The van der Waals surface area contributed by atoms with Crippen molar-refractivity contribution in [2.75, 3.05) is 17.6 Å². The summed E-state index contributed by atoms with van der Waals surface area (Å²) in [6.07, 6.45) is 0.964. The maximum atomic E-state index is 14.8. The molecule has 3 rings (SSSR count). The summed E-state index contributed by atoms with van der Waals surface area (Å²) in [6.45, 7) is 8.42. The molecule has 2 heterocycles. The Bertz CT molecular complexity index is 1040. The van der Waals surface area contributed by atoms with Gasteiger partial charge in [-0.1, -0.05) is 10.7 Å². The molecule has 1 aliphatic rings. The second-order valence-electron chi connectivity index (χ2n) is 7.75. The second kappa shape index (κ2) is 8.22. The minimum Gasteiger partial charge on any atom is -0.386 e. The van der Waals surface area contributed by atoms with E-state index >= 15 is 0 Å². The standard InChI is InChI=1S/C21H25F2N5OS/c1-5-26-30-12-21(4,28-19(24)20(30,2)3)15-10-14(7-8-16(15)23)27-18(29)17-9-6-13(22)11-25-17/h6-11H,5,12H2,1-4H3,(H2,24,28)(H,27,29)/t21-,30-/m0/s1. The number of nitrogens with one attached hydrogen (secondary N) is 1. The molecular weight excluding hydrogens is 408 g/mol. The van der Waals surface area contributed by atoms with Crippen molar-refractivity contribution in [3.63, 3.8) is 0 Å². The number of amides is 1. The Balaban J connectivity index is 1.97. The number of rotatable bonds is 4. The number of carbonyl (C=O) groups excluding carboxylic acids is 1. The molecule has 0 aliphatic carbocycles. The van der Waals surface area contributed by atoms with Crippen LogP contribution in [0, 0.1) is 11.6 Å². The van der Waals surface area contributed by atoms with Crippen LogP contribution in [0.2, 0.25) is 0 Å². The Hall–Kier alpha value is -2.68. The quantitative estimate of drug-likeness (QED) is 0.768. The zero-order chi connectivity index (χ0) is 22.1. The monoisotopic (exact) mass is 433 g/mol. The fourth-order valence-electron chi connectivity index (χ4n) is 3.22. The van der Waals surface area contributed by atoms with Crippen molar-refractivity contribution in [2.24, 2.45) is 15.1 Å². The average molecular weight is 434 g/mol. The Labute approximate surface area is 177 Å². The molecule has 6 nitrogen and oxygen atoms in total. The molecule has 0 bridgehead atoms. The third-order valence-electron chi connectivity index (χ3n) is 5.04. The molecule has 2 atom stereocenters. The van der Waals surface area contributed by atoms with Crippen LogP contribution in [0.15, 0.2) is 45.9 Å². The highest BCUT2D eigenvalue weighted by Gasteiger charge is 2.42. The van der Waals surface area contributed by atoms with Crippen molar-refractivity contribution in [1.82, 2.24) is 4.98 Å². The number of halogens is 2. The van der Waals surface area contributed by atoms with Gasteiger partial charge < -0.3 is 11.1 Å². The third-order valence-corrected chi connectivity index (χ3v) is 7.83. The number of nitrogens with zero attached hydrogens (tertiary/aromatic N) is 3. The first kappa shape index (κ1) is 22.0. The first-order valence-corrected chi connectivity index (χ1v) is 10.9. The van der Waals surface area contributed by atoms with E-state index in [0.717, 1.165) is 12.3 Å². The number of carbonyl (C=O) groups is 1. The van der Waals surface area contributed by atoms with Gasteiger partial charge in [-0.2, -0.15) is 0 Å². The van der Waals surface area contributed by atoms with Gasteiger partial charge in [0, 0.05) is 23.5 Å². The smallest absolute Gasteiger partial charge is 0.274 e. The summed E-state index contributed by atoms with van der Waals surface area (Å²) in [7, 11) is -0.443. The number of hydrogen-bond donors (Lipinski definition) is 2. The lowest BCUT2D eigenvalue weighted by Gasteiger charge is -2.40. The van der Waals surface area contributed by atoms with E-state index in [0.29, 0.717) is 29.4 Å². The molecule has 1 aliphatic heterocycles. The molecule has 0 radical (unpaired) electrons. The van der Waals surface area contributed by atoms with Gasteiger partial charge in [0.25, 0.3) is 5.91 Å². The van der Waals surface area contributed by atoms with Crippen LogP contribution in [-0.4, -0.2) is 33.8 Å². The van der Waals surface area contributed by atoms with Crippen LogP contribution in [-0.2, 0) is 16.2 Å². The first-order valence-electron chi connectivity index (χ1n) is 9.54. The SMILES string of the molecule is CCN=[S@]1C[C@@](C)(c2cc(NC(=O)c3ccc(F)cn3)ccc2F)N=C(N)C1(C)C. The van der Waals surface area contributed by atoms with Crippen LogP contribution in [0.1, 0.15) is 43.7 Å².